The highest BCUT2D eigenvalue weighted by atomic mass is 16.8. The molecule has 5 aliphatic carbocycles. The molecule has 5 heterocycles. The van der Waals surface area contributed by atoms with Crippen molar-refractivity contribution in [3.63, 3.8) is 0 Å². The molecule has 85 heavy (non-hydrogen) atoms. The van der Waals surface area contributed by atoms with Crippen LogP contribution in [-0.4, -0.2) is 262 Å². The monoisotopic (exact) mass is 1220 g/mol. The Bertz CT molecular complexity index is 2380. The molecule has 9 fully saturated rings. The first kappa shape index (κ1) is 66.2. The van der Waals surface area contributed by atoms with Crippen molar-refractivity contribution in [2.45, 2.75) is 279 Å². The number of carbonyl (C=O) groups excluding carboxylic acids is 1. The van der Waals surface area contributed by atoms with Crippen LogP contribution in [0.2, 0.25) is 0 Å². The summed E-state index contributed by atoms with van der Waals surface area (Å²) in [6, 6.07) is 0. The highest BCUT2D eigenvalue weighted by molar-refractivity contribution is 5.79. The summed E-state index contributed by atoms with van der Waals surface area (Å²) in [7, 11) is 0. The number of rotatable bonds is 12. The van der Waals surface area contributed by atoms with Gasteiger partial charge in [0.25, 0.3) is 0 Å². The van der Waals surface area contributed by atoms with Gasteiger partial charge in [-0.05, 0) is 118 Å². The van der Waals surface area contributed by atoms with Crippen LogP contribution >= 0.6 is 0 Å². The van der Waals surface area contributed by atoms with Crippen LogP contribution in [0.4, 0.5) is 0 Å². The van der Waals surface area contributed by atoms with E-state index in [0.717, 1.165) is 18.4 Å². The highest BCUT2D eigenvalue weighted by Crippen LogP contribution is 2.76. The number of allylic oxidation sites excluding steroid dienone is 1. The van der Waals surface area contributed by atoms with Crippen LogP contribution in [0.15, 0.2) is 11.6 Å². The Balaban J connectivity index is 0.916. The normalized spacial score (nSPS) is 56.1. The maximum atomic E-state index is 15.4. The van der Waals surface area contributed by atoms with Gasteiger partial charge in [0.15, 0.2) is 31.3 Å². The number of ether oxygens (including phenoxy) is 10. The van der Waals surface area contributed by atoms with E-state index in [9.17, 15) is 76.6 Å². The largest absolute Gasteiger partial charge is 0.432 e. The molecule has 10 rings (SSSR count). The molecule has 0 bridgehead atoms. The summed E-state index contributed by atoms with van der Waals surface area (Å²) >= 11 is 0. The standard InChI is InChI=1S/C59H96O26/c1-23-12-17-59(53(74)85-52-45(40(70)36(66)29(21-61)80-52)83-48-41(71)37(67)33(63)24(2)77-48)19-18-56(7)26(47(59)58(23,9)75)10-11-31-55(6)15-14-32(54(4,5)30(55)13-16-57(31,56)8)81-51-46(84-49-42(72)38(68)34(64)25(3)78-49)44(27(62)22-76-51)82-50-43(73)39(69)35(65)28(20-60)79-50/h10,23-25,27-52,60-73,75H,11-22H2,1-9H3/t23-,24-,25-,27-,28+,29+,30-,31+,32-,33-,34-,35+,36+,37+,38+,39-,40-,41+,42+,43+,44-,45+,46+,47+,48-,49-,50-,51-,52-,55-,56+,57+,58+,59-/m0/s1. The Labute approximate surface area is 494 Å². The summed E-state index contributed by atoms with van der Waals surface area (Å²) in [6.45, 7) is 15.9. The number of hydrogen-bond acceptors (Lipinski definition) is 26. The van der Waals surface area contributed by atoms with E-state index in [4.69, 9.17) is 47.4 Å². The Morgan fingerprint density at radius 3 is 1.66 bits per heavy atom. The van der Waals surface area contributed by atoms with Crippen molar-refractivity contribution >= 4 is 5.97 Å². The van der Waals surface area contributed by atoms with Gasteiger partial charge in [0.1, 0.15) is 97.7 Å². The number of carbonyl (C=O) groups is 1. The van der Waals surface area contributed by atoms with Crippen LogP contribution in [-0.2, 0) is 52.2 Å². The first-order chi connectivity index (χ1) is 39.7. The van der Waals surface area contributed by atoms with E-state index < -0.39 is 200 Å². The topological polar surface area (TPSA) is 413 Å². The van der Waals surface area contributed by atoms with E-state index in [1.807, 2.05) is 6.92 Å². The predicted octanol–water partition coefficient (Wildman–Crippen LogP) is -2.55. The molecule has 10 aliphatic rings. The van der Waals surface area contributed by atoms with Crippen LogP contribution in [0.25, 0.3) is 0 Å². The third-order valence-corrected chi connectivity index (χ3v) is 23.5. The van der Waals surface area contributed by atoms with Crippen molar-refractivity contribution in [1.82, 2.24) is 0 Å². The van der Waals surface area contributed by atoms with Crippen LogP contribution in [0, 0.1) is 50.7 Å². The van der Waals surface area contributed by atoms with E-state index in [1.54, 1.807) is 6.92 Å². The van der Waals surface area contributed by atoms with Gasteiger partial charge in [-0.1, -0.05) is 53.2 Å². The summed E-state index contributed by atoms with van der Waals surface area (Å²) in [5, 5.41) is 164. The van der Waals surface area contributed by atoms with Gasteiger partial charge in [-0.25, -0.2) is 0 Å². The number of hydrogen-bond donors (Lipinski definition) is 15. The molecule has 5 saturated heterocycles. The van der Waals surface area contributed by atoms with E-state index in [2.05, 4.69) is 40.7 Å². The average molecular weight is 1220 g/mol. The molecular weight excluding hydrogens is 1120 g/mol. The summed E-state index contributed by atoms with van der Waals surface area (Å²) < 4.78 is 61.3. The Morgan fingerprint density at radius 2 is 1.07 bits per heavy atom. The van der Waals surface area contributed by atoms with Gasteiger partial charge >= 0.3 is 5.97 Å². The lowest BCUT2D eigenvalue weighted by molar-refractivity contribution is -0.388. The van der Waals surface area contributed by atoms with Crippen molar-refractivity contribution in [2.75, 3.05) is 19.8 Å². The molecular formula is C59H96O26. The molecule has 26 nitrogen and oxygen atoms in total. The van der Waals surface area contributed by atoms with E-state index >= 15 is 4.79 Å². The minimum absolute atomic E-state index is 0.0282. The van der Waals surface area contributed by atoms with Crippen molar-refractivity contribution in [1.29, 1.82) is 0 Å². The Kier molecular flexibility index (Phi) is 18.7. The van der Waals surface area contributed by atoms with Gasteiger partial charge < -0.3 is 124 Å². The van der Waals surface area contributed by atoms with Crippen molar-refractivity contribution in [2.24, 2.45) is 50.7 Å². The molecule has 0 aromatic heterocycles. The molecule has 5 aliphatic heterocycles. The first-order valence-corrected chi connectivity index (χ1v) is 30.6. The lowest BCUT2D eigenvalue weighted by Gasteiger charge is -2.72. The van der Waals surface area contributed by atoms with Gasteiger partial charge in [0.2, 0.25) is 6.29 Å². The zero-order valence-electron chi connectivity index (χ0n) is 50.0. The molecule has 0 unspecified atom stereocenters. The number of aliphatic hydroxyl groups is 15. The maximum Gasteiger partial charge on any atom is 0.315 e. The summed E-state index contributed by atoms with van der Waals surface area (Å²) in [6.07, 6.45) is -31.7. The minimum atomic E-state index is -1.86. The minimum Gasteiger partial charge on any atom is -0.432 e. The molecule has 0 spiro atoms. The smallest absolute Gasteiger partial charge is 0.315 e. The third kappa shape index (κ3) is 10.7. The van der Waals surface area contributed by atoms with E-state index in [0.29, 0.717) is 38.5 Å². The number of aliphatic hydroxyl groups excluding tert-OH is 14. The molecule has 0 radical (unpaired) electrons. The molecule has 488 valence electrons. The second-order valence-corrected chi connectivity index (χ2v) is 28.3. The van der Waals surface area contributed by atoms with Crippen molar-refractivity contribution in [3.8, 4) is 0 Å². The van der Waals surface area contributed by atoms with Crippen molar-refractivity contribution in [3.05, 3.63) is 11.6 Å². The summed E-state index contributed by atoms with van der Waals surface area (Å²) in [4.78, 5) is 15.4. The summed E-state index contributed by atoms with van der Waals surface area (Å²) in [5.74, 6) is -1.66. The van der Waals surface area contributed by atoms with Gasteiger partial charge in [-0.3, -0.25) is 4.79 Å². The molecule has 0 amide bonds. The van der Waals surface area contributed by atoms with Crippen LogP contribution in [0.3, 0.4) is 0 Å². The molecule has 34 atom stereocenters. The molecule has 0 aromatic rings. The molecule has 15 N–H and O–H groups in total. The zero-order chi connectivity index (χ0) is 62.2. The van der Waals surface area contributed by atoms with Crippen LogP contribution < -0.4 is 0 Å². The van der Waals surface area contributed by atoms with Crippen LogP contribution in [0.1, 0.15) is 120 Å². The molecule has 0 aromatic carbocycles. The van der Waals surface area contributed by atoms with Gasteiger partial charge in [0, 0.05) is 5.92 Å². The van der Waals surface area contributed by atoms with E-state index in [1.165, 1.54) is 13.8 Å². The first-order valence-electron chi connectivity index (χ1n) is 30.6. The maximum absolute atomic E-state index is 15.4. The Morgan fingerprint density at radius 1 is 0.541 bits per heavy atom. The Hall–Kier alpha value is -1.75. The fourth-order valence-corrected chi connectivity index (χ4v) is 17.8. The quantitative estimate of drug-likeness (QED) is 0.0544. The fourth-order valence-electron chi connectivity index (χ4n) is 17.8. The third-order valence-electron chi connectivity index (χ3n) is 23.5. The average Bonchev–Trinajstić information content (AvgIpc) is 0.682. The second-order valence-electron chi connectivity index (χ2n) is 28.3. The zero-order valence-corrected chi connectivity index (χ0v) is 50.0. The highest BCUT2D eigenvalue weighted by Gasteiger charge is 2.72. The second kappa shape index (κ2) is 24.1. The predicted molar refractivity (Wildman–Crippen MR) is 288 cm³/mol. The van der Waals surface area contributed by atoms with Gasteiger partial charge in [-0.2, -0.15) is 0 Å². The van der Waals surface area contributed by atoms with Crippen LogP contribution in [0.5, 0.6) is 0 Å². The molecule has 4 saturated carbocycles. The SMILES string of the molecule is C[C@@H]1O[C@@H](O[C@H]2[C@H](OC(=O)[C@]34CC[C@H](C)[C@@](C)(O)[C@H]3C3=CC[C@@H]5[C@@]6(C)CC[C@H](O[C@@H]7OC[C@H](O)[C@H](O[C@@H]8O[C@H](CO)[C@@H](O)[C@H](O)[C@H]8O)[C@H]7O[C@@H]7O[C@@H](C)[C@H](O)[C@@H](O)[C@H]7O)C(C)(C)[C@@H]6CC[C@@]5(C)[C@]3(C)CC4)O[C@H](CO)[C@@H](O)[C@@H]2O)[C@H](O)[C@H](O)[C@H]1O. The number of fused-ring (bicyclic) bond motifs is 7. The number of esters is 1. The van der Waals surface area contributed by atoms with E-state index in [-0.39, 0.29) is 41.6 Å². The van der Waals surface area contributed by atoms with Gasteiger partial charge in [0.05, 0.1) is 49.1 Å². The lowest BCUT2D eigenvalue weighted by atomic mass is 9.33. The van der Waals surface area contributed by atoms with Gasteiger partial charge in [-0.15, -0.1) is 0 Å². The molecule has 26 heteroatoms. The lowest BCUT2D eigenvalue weighted by Crippen LogP contribution is -2.69. The fraction of sp³-hybridized carbons (Fsp3) is 0.949. The van der Waals surface area contributed by atoms with Crippen molar-refractivity contribution < 1.29 is 129 Å². The summed E-state index contributed by atoms with van der Waals surface area (Å²) in [5.41, 5.74) is -3.68.